The van der Waals surface area contributed by atoms with Crippen LogP contribution in [0.15, 0.2) is 53.4 Å². The van der Waals surface area contributed by atoms with E-state index in [2.05, 4.69) is 4.72 Å². The number of ether oxygens (including phenoxy) is 1. The van der Waals surface area contributed by atoms with Crippen molar-refractivity contribution in [3.05, 3.63) is 59.9 Å². The topological polar surface area (TPSA) is 55.4 Å². The van der Waals surface area contributed by atoms with Gasteiger partial charge in [-0.25, -0.2) is 17.5 Å². The van der Waals surface area contributed by atoms with Gasteiger partial charge in [0.1, 0.15) is 16.5 Å². The average Bonchev–Trinajstić information content (AvgIpc) is 2.53. The molecule has 2 aromatic carbocycles. The number of nitrogens with one attached hydrogen (secondary N) is 1. The van der Waals surface area contributed by atoms with Crippen molar-refractivity contribution in [2.24, 2.45) is 0 Å². The highest BCUT2D eigenvalue weighted by molar-refractivity contribution is 7.89. The van der Waals surface area contributed by atoms with E-state index in [4.69, 9.17) is 4.74 Å². The minimum atomic E-state index is -3.92. The fourth-order valence-electron chi connectivity index (χ4n) is 2.14. The molecule has 0 aliphatic carbocycles. The van der Waals surface area contributed by atoms with Gasteiger partial charge in [-0.2, -0.15) is 0 Å². The van der Waals surface area contributed by atoms with Crippen molar-refractivity contribution >= 4 is 10.0 Å². The summed E-state index contributed by atoms with van der Waals surface area (Å²) in [6.07, 6.45) is 0.542. The van der Waals surface area contributed by atoms with Crippen molar-refractivity contribution in [2.45, 2.75) is 24.3 Å². The van der Waals surface area contributed by atoms with Gasteiger partial charge >= 0.3 is 0 Å². The van der Waals surface area contributed by atoms with Crippen molar-refractivity contribution in [3.8, 4) is 5.75 Å². The zero-order valence-electron chi connectivity index (χ0n) is 12.4. The normalized spacial score (nSPS) is 12.9. The van der Waals surface area contributed by atoms with E-state index in [0.717, 1.165) is 11.6 Å². The standard InChI is InChI=1S/C16H18FNO3S/c1-3-15(12-8-10-13(21-2)11-9-12)18-22(19,20)16-7-5-4-6-14(16)17/h4-11,15,18H,3H2,1-2H3. The second-order valence-electron chi connectivity index (χ2n) is 4.79. The number of halogens is 1. The van der Waals surface area contributed by atoms with Crippen LogP contribution in [0.25, 0.3) is 0 Å². The molecule has 0 radical (unpaired) electrons. The number of rotatable bonds is 6. The SMILES string of the molecule is CCC(NS(=O)(=O)c1ccccc1F)c1ccc(OC)cc1. The van der Waals surface area contributed by atoms with Crippen LogP contribution in [0.5, 0.6) is 5.75 Å². The molecule has 1 unspecified atom stereocenters. The van der Waals surface area contributed by atoms with Crippen LogP contribution in [-0.2, 0) is 10.0 Å². The van der Waals surface area contributed by atoms with Gasteiger partial charge in [0.05, 0.1) is 7.11 Å². The molecule has 4 nitrogen and oxygen atoms in total. The summed E-state index contributed by atoms with van der Waals surface area (Å²) in [4.78, 5) is -0.345. The smallest absolute Gasteiger partial charge is 0.244 e. The maximum absolute atomic E-state index is 13.7. The van der Waals surface area contributed by atoms with E-state index >= 15 is 0 Å². The summed E-state index contributed by atoms with van der Waals surface area (Å²) in [5, 5.41) is 0. The summed E-state index contributed by atoms with van der Waals surface area (Å²) in [7, 11) is -2.36. The maximum atomic E-state index is 13.7. The second kappa shape index (κ2) is 6.89. The van der Waals surface area contributed by atoms with Crippen LogP contribution in [0.1, 0.15) is 24.9 Å². The summed E-state index contributed by atoms with van der Waals surface area (Å²) in [6.45, 7) is 1.86. The van der Waals surface area contributed by atoms with Crippen LogP contribution in [0.3, 0.4) is 0 Å². The summed E-state index contributed by atoms with van der Waals surface area (Å²) >= 11 is 0. The molecule has 0 aliphatic rings. The minimum absolute atomic E-state index is 0.345. The number of benzene rings is 2. The molecular weight excluding hydrogens is 305 g/mol. The first kappa shape index (κ1) is 16.5. The van der Waals surface area contributed by atoms with Crippen LogP contribution >= 0.6 is 0 Å². The molecule has 6 heteroatoms. The summed E-state index contributed by atoms with van der Waals surface area (Å²) in [5.41, 5.74) is 0.795. The Kier molecular flexibility index (Phi) is 5.15. The predicted molar refractivity (Wildman–Crippen MR) is 82.7 cm³/mol. The van der Waals surface area contributed by atoms with E-state index in [0.29, 0.717) is 12.2 Å². The molecule has 0 amide bonds. The monoisotopic (exact) mass is 323 g/mol. The summed E-state index contributed by atoms with van der Waals surface area (Å²) < 4.78 is 46.0. The molecule has 2 rings (SSSR count). The van der Waals surface area contributed by atoms with Crippen molar-refractivity contribution in [1.82, 2.24) is 4.72 Å². The van der Waals surface area contributed by atoms with Gasteiger partial charge in [0.15, 0.2) is 0 Å². The van der Waals surface area contributed by atoms with E-state index in [1.54, 1.807) is 31.4 Å². The first-order valence-corrected chi connectivity index (χ1v) is 8.37. The quantitative estimate of drug-likeness (QED) is 0.888. The predicted octanol–water partition coefficient (Wildman–Crippen LogP) is 3.26. The molecular formula is C16H18FNO3S. The van der Waals surface area contributed by atoms with Gasteiger partial charge in [0.25, 0.3) is 0 Å². The Labute approximate surface area is 130 Å². The third-order valence-electron chi connectivity index (χ3n) is 3.35. The molecule has 0 fully saturated rings. The maximum Gasteiger partial charge on any atom is 0.244 e. The Morgan fingerprint density at radius 3 is 2.32 bits per heavy atom. The summed E-state index contributed by atoms with van der Waals surface area (Å²) in [6, 6.07) is 12.0. The molecule has 0 spiro atoms. The Balaban J connectivity index is 2.27. The fraction of sp³-hybridized carbons (Fsp3) is 0.250. The van der Waals surface area contributed by atoms with Crippen LogP contribution in [-0.4, -0.2) is 15.5 Å². The fourth-order valence-corrected chi connectivity index (χ4v) is 3.52. The molecule has 0 aliphatic heterocycles. The molecule has 1 N–H and O–H groups in total. The first-order chi connectivity index (χ1) is 10.5. The van der Waals surface area contributed by atoms with Crippen LogP contribution in [0, 0.1) is 5.82 Å². The highest BCUT2D eigenvalue weighted by atomic mass is 32.2. The number of sulfonamides is 1. The first-order valence-electron chi connectivity index (χ1n) is 6.88. The molecule has 22 heavy (non-hydrogen) atoms. The van der Waals surface area contributed by atoms with Gasteiger partial charge in [-0.05, 0) is 36.2 Å². The van der Waals surface area contributed by atoms with E-state index in [-0.39, 0.29) is 4.90 Å². The Hall–Kier alpha value is -1.92. The largest absolute Gasteiger partial charge is 0.497 e. The van der Waals surface area contributed by atoms with Crippen LogP contribution in [0.2, 0.25) is 0 Å². The van der Waals surface area contributed by atoms with E-state index in [1.807, 2.05) is 6.92 Å². The van der Waals surface area contributed by atoms with Gasteiger partial charge in [0.2, 0.25) is 10.0 Å². The van der Waals surface area contributed by atoms with Gasteiger partial charge in [-0.15, -0.1) is 0 Å². The van der Waals surface area contributed by atoms with Crippen LogP contribution in [0.4, 0.5) is 4.39 Å². The second-order valence-corrected chi connectivity index (χ2v) is 6.47. The lowest BCUT2D eigenvalue weighted by molar-refractivity contribution is 0.414. The highest BCUT2D eigenvalue weighted by Gasteiger charge is 2.23. The highest BCUT2D eigenvalue weighted by Crippen LogP contribution is 2.23. The van der Waals surface area contributed by atoms with Crippen molar-refractivity contribution < 1.29 is 17.5 Å². The lowest BCUT2D eigenvalue weighted by Crippen LogP contribution is -2.29. The molecule has 0 saturated heterocycles. The minimum Gasteiger partial charge on any atom is -0.497 e. The summed E-state index contributed by atoms with van der Waals surface area (Å²) in [5.74, 6) is -0.0739. The molecule has 118 valence electrons. The van der Waals surface area contributed by atoms with Gasteiger partial charge in [-0.3, -0.25) is 0 Å². The number of hydrogen-bond donors (Lipinski definition) is 1. The Morgan fingerprint density at radius 1 is 1.14 bits per heavy atom. The van der Waals surface area contributed by atoms with E-state index in [9.17, 15) is 12.8 Å². The van der Waals surface area contributed by atoms with E-state index < -0.39 is 21.9 Å². The van der Waals surface area contributed by atoms with Crippen LogP contribution < -0.4 is 9.46 Å². The lowest BCUT2D eigenvalue weighted by Gasteiger charge is -2.18. The van der Waals surface area contributed by atoms with Crippen molar-refractivity contribution in [3.63, 3.8) is 0 Å². The lowest BCUT2D eigenvalue weighted by atomic mass is 10.1. The van der Waals surface area contributed by atoms with Gasteiger partial charge in [0, 0.05) is 6.04 Å². The molecule has 1 atom stereocenters. The van der Waals surface area contributed by atoms with Gasteiger partial charge < -0.3 is 4.74 Å². The molecule has 0 heterocycles. The van der Waals surface area contributed by atoms with Crippen molar-refractivity contribution in [1.29, 1.82) is 0 Å². The Morgan fingerprint density at radius 2 is 1.77 bits per heavy atom. The molecule has 0 saturated carbocycles. The number of methoxy groups -OCH3 is 1. The Bertz CT molecular complexity index is 729. The average molecular weight is 323 g/mol. The molecule has 0 aromatic heterocycles. The zero-order chi connectivity index (χ0) is 16.2. The van der Waals surface area contributed by atoms with Crippen molar-refractivity contribution in [2.75, 3.05) is 7.11 Å². The third kappa shape index (κ3) is 3.64. The molecule has 2 aromatic rings. The number of hydrogen-bond acceptors (Lipinski definition) is 3. The molecule has 0 bridgehead atoms. The van der Waals surface area contributed by atoms with E-state index in [1.165, 1.54) is 18.2 Å². The van der Waals surface area contributed by atoms with Gasteiger partial charge in [-0.1, -0.05) is 31.2 Å². The zero-order valence-corrected chi connectivity index (χ0v) is 13.2. The third-order valence-corrected chi connectivity index (χ3v) is 4.85.